The maximum absolute atomic E-state index is 5.43. The molecule has 0 aromatic rings. The van der Waals surface area contributed by atoms with Gasteiger partial charge in [-0.15, -0.1) is 0 Å². The molecular weight excluding hydrogens is 186 g/mol. The van der Waals surface area contributed by atoms with Crippen LogP contribution in [0.4, 0.5) is 0 Å². The van der Waals surface area contributed by atoms with Gasteiger partial charge in [0.1, 0.15) is 0 Å². The van der Waals surface area contributed by atoms with Gasteiger partial charge in [-0.2, -0.15) is 0 Å². The van der Waals surface area contributed by atoms with Crippen molar-refractivity contribution in [2.45, 2.75) is 46.1 Å². The first-order valence-electron chi connectivity index (χ1n) is 6.45. The molecule has 0 spiro atoms. The number of hydrogen-bond acceptors (Lipinski definition) is 2. The molecule has 2 rings (SSSR count). The van der Waals surface area contributed by atoms with Crippen LogP contribution in [0.5, 0.6) is 0 Å². The van der Waals surface area contributed by atoms with Crippen LogP contribution in [0.3, 0.4) is 0 Å². The summed E-state index contributed by atoms with van der Waals surface area (Å²) in [5, 5.41) is 3.73. The van der Waals surface area contributed by atoms with Crippen molar-refractivity contribution < 1.29 is 4.74 Å². The zero-order valence-electron chi connectivity index (χ0n) is 10.4. The van der Waals surface area contributed by atoms with Crippen LogP contribution >= 0.6 is 0 Å². The molecule has 1 aliphatic heterocycles. The van der Waals surface area contributed by atoms with E-state index in [4.69, 9.17) is 4.74 Å². The van der Waals surface area contributed by atoms with Gasteiger partial charge in [0.15, 0.2) is 0 Å². The maximum atomic E-state index is 5.43. The lowest BCUT2D eigenvalue weighted by Crippen LogP contribution is -2.38. The lowest BCUT2D eigenvalue weighted by atomic mass is 9.91. The second-order valence-corrected chi connectivity index (χ2v) is 5.81. The number of hydrogen-bond donors (Lipinski definition) is 1. The van der Waals surface area contributed by atoms with Gasteiger partial charge in [0, 0.05) is 19.2 Å². The molecule has 2 heteroatoms. The summed E-state index contributed by atoms with van der Waals surface area (Å²) in [6.45, 7) is 10.2. The van der Waals surface area contributed by atoms with Crippen LogP contribution in [0, 0.1) is 17.3 Å². The van der Waals surface area contributed by atoms with E-state index in [0.717, 1.165) is 25.0 Å². The van der Waals surface area contributed by atoms with Gasteiger partial charge in [-0.25, -0.2) is 0 Å². The Balaban J connectivity index is 1.73. The highest BCUT2D eigenvalue weighted by atomic mass is 16.5. The zero-order chi connectivity index (χ0) is 10.9. The Morgan fingerprint density at radius 1 is 1.33 bits per heavy atom. The Labute approximate surface area is 93.8 Å². The SMILES string of the molecule is CC(NCC1(C(C)C)CC1)C1CCOC1. The summed E-state index contributed by atoms with van der Waals surface area (Å²) >= 11 is 0. The molecule has 1 N–H and O–H groups in total. The van der Waals surface area contributed by atoms with Crippen molar-refractivity contribution in [1.29, 1.82) is 0 Å². The third-order valence-electron chi connectivity index (χ3n) is 4.57. The van der Waals surface area contributed by atoms with Gasteiger partial charge in [0.05, 0.1) is 6.61 Å². The van der Waals surface area contributed by atoms with Crippen LogP contribution in [0.25, 0.3) is 0 Å². The van der Waals surface area contributed by atoms with Crippen LogP contribution in [0.2, 0.25) is 0 Å². The fourth-order valence-electron chi connectivity index (χ4n) is 2.60. The fourth-order valence-corrected chi connectivity index (χ4v) is 2.60. The molecule has 2 atom stereocenters. The van der Waals surface area contributed by atoms with Crippen molar-refractivity contribution >= 4 is 0 Å². The van der Waals surface area contributed by atoms with Crippen molar-refractivity contribution in [3.05, 3.63) is 0 Å². The maximum Gasteiger partial charge on any atom is 0.0509 e. The van der Waals surface area contributed by atoms with Crippen molar-refractivity contribution in [3.8, 4) is 0 Å². The third-order valence-corrected chi connectivity index (χ3v) is 4.57. The molecule has 1 aliphatic carbocycles. The van der Waals surface area contributed by atoms with Gasteiger partial charge in [-0.1, -0.05) is 13.8 Å². The van der Waals surface area contributed by atoms with E-state index in [0.29, 0.717) is 11.5 Å². The van der Waals surface area contributed by atoms with Crippen LogP contribution in [-0.4, -0.2) is 25.8 Å². The Morgan fingerprint density at radius 2 is 2.07 bits per heavy atom. The van der Waals surface area contributed by atoms with Crippen LogP contribution in [0.1, 0.15) is 40.0 Å². The second-order valence-electron chi connectivity index (χ2n) is 5.81. The lowest BCUT2D eigenvalue weighted by molar-refractivity contribution is 0.176. The highest BCUT2D eigenvalue weighted by Crippen LogP contribution is 2.51. The number of rotatable bonds is 5. The number of ether oxygens (including phenoxy) is 1. The van der Waals surface area contributed by atoms with Crippen molar-refractivity contribution in [2.24, 2.45) is 17.3 Å². The molecule has 1 saturated heterocycles. The van der Waals surface area contributed by atoms with Crippen LogP contribution in [-0.2, 0) is 4.74 Å². The monoisotopic (exact) mass is 211 g/mol. The average Bonchev–Trinajstić information content (AvgIpc) is 2.80. The number of nitrogens with one attached hydrogen (secondary N) is 1. The zero-order valence-corrected chi connectivity index (χ0v) is 10.4. The first kappa shape index (κ1) is 11.4. The topological polar surface area (TPSA) is 21.3 Å². The van der Waals surface area contributed by atoms with E-state index in [1.807, 2.05) is 0 Å². The Morgan fingerprint density at radius 3 is 2.53 bits per heavy atom. The highest BCUT2D eigenvalue weighted by Gasteiger charge is 2.45. The molecule has 15 heavy (non-hydrogen) atoms. The highest BCUT2D eigenvalue weighted by molar-refractivity contribution is 4.97. The summed E-state index contributed by atoms with van der Waals surface area (Å²) in [5.74, 6) is 1.57. The lowest BCUT2D eigenvalue weighted by Gasteiger charge is -2.25. The van der Waals surface area contributed by atoms with Crippen molar-refractivity contribution in [3.63, 3.8) is 0 Å². The van der Waals surface area contributed by atoms with Gasteiger partial charge in [0.2, 0.25) is 0 Å². The minimum absolute atomic E-state index is 0.628. The minimum atomic E-state index is 0.628. The van der Waals surface area contributed by atoms with Gasteiger partial charge in [0.25, 0.3) is 0 Å². The minimum Gasteiger partial charge on any atom is -0.381 e. The van der Waals surface area contributed by atoms with E-state index in [-0.39, 0.29) is 0 Å². The third kappa shape index (κ3) is 2.54. The van der Waals surface area contributed by atoms with Gasteiger partial charge < -0.3 is 10.1 Å². The Kier molecular flexibility index (Phi) is 3.36. The molecule has 0 amide bonds. The van der Waals surface area contributed by atoms with Crippen molar-refractivity contribution in [2.75, 3.05) is 19.8 Å². The first-order valence-corrected chi connectivity index (χ1v) is 6.45. The Hall–Kier alpha value is -0.0800. The molecule has 2 aliphatic rings. The molecule has 0 aromatic heterocycles. The fraction of sp³-hybridized carbons (Fsp3) is 1.00. The summed E-state index contributed by atoms with van der Waals surface area (Å²) in [4.78, 5) is 0. The van der Waals surface area contributed by atoms with Crippen LogP contribution < -0.4 is 5.32 Å². The normalized spacial score (nSPS) is 30.8. The molecule has 0 bridgehead atoms. The standard InChI is InChI=1S/C13H25NO/c1-10(2)13(5-6-13)9-14-11(3)12-4-7-15-8-12/h10-12,14H,4-9H2,1-3H3. The molecule has 2 unspecified atom stereocenters. The summed E-state index contributed by atoms with van der Waals surface area (Å²) in [7, 11) is 0. The molecule has 1 heterocycles. The quantitative estimate of drug-likeness (QED) is 0.754. The molecular formula is C13H25NO. The molecule has 0 radical (unpaired) electrons. The van der Waals surface area contributed by atoms with E-state index in [1.54, 1.807) is 0 Å². The predicted molar refractivity (Wildman–Crippen MR) is 62.9 cm³/mol. The van der Waals surface area contributed by atoms with E-state index < -0.39 is 0 Å². The van der Waals surface area contributed by atoms with Crippen LogP contribution in [0.15, 0.2) is 0 Å². The summed E-state index contributed by atoms with van der Waals surface area (Å²) in [6.07, 6.45) is 4.08. The molecule has 2 fully saturated rings. The summed E-state index contributed by atoms with van der Waals surface area (Å²) in [5.41, 5.74) is 0.633. The predicted octanol–water partition coefficient (Wildman–Crippen LogP) is 2.44. The van der Waals surface area contributed by atoms with Gasteiger partial charge in [-0.05, 0) is 43.4 Å². The summed E-state index contributed by atoms with van der Waals surface area (Å²) < 4.78 is 5.43. The van der Waals surface area contributed by atoms with Crippen molar-refractivity contribution in [1.82, 2.24) is 5.32 Å². The average molecular weight is 211 g/mol. The molecule has 1 saturated carbocycles. The second kappa shape index (κ2) is 4.42. The van der Waals surface area contributed by atoms with Gasteiger partial charge >= 0.3 is 0 Å². The molecule has 2 nitrogen and oxygen atoms in total. The molecule has 0 aromatic carbocycles. The van der Waals surface area contributed by atoms with E-state index >= 15 is 0 Å². The summed E-state index contributed by atoms with van der Waals surface area (Å²) in [6, 6.07) is 0.628. The smallest absolute Gasteiger partial charge is 0.0509 e. The largest absolute Gasteiger partial charge is 0.381 e. The van der Waals surface area contributed by atoms with E-state index in [9.17, 15) is 0 Å². The van der Waals surface area contributed by atoms with E-state index in [2.05, 4.69) is 26.1 Å². The Bertz CT molecular complexity index is 205. The first-order chi connectivity index (χ1) is 7.14. The molecule has 88 valence electrons. The van der Waals surface area contributed by atoms with Gasteiger partial charge in [-0.3, -0.25) is 0 Å². The van der Waals surface area contributed by atoms with E-state index in [1.165, 1.54) is 25.8 Å².